The summed E-state index contributed by atoms with van der Waals surface area (Å²) in [5.41, 5.74) is 5.83. The van der Waals surface area contributed by atoms with E-state index in [-0.39, 0.29) is 26.5 Å². The van der Waals surface area contributed by atoms with E-state index in [0.29, 0.717) is 29.4 Å². The molecule has 2 heterocycles. The van der Waals surface area contributed by atoms with Gasteiger partial charge in [0.1, 0.15) is 27.8 Å². The van der Waals surface area contributed by atoms with E-state index in [4.69, 9.17) is 15.2 Å². The highest BCUT2D eigenvalue weighted by Gasteiger charge is 2.36. The van der Waals surface area contributed by atoms with Crippen LogP contribution in [-0.4, -0.2) is 24.6 Å². The third-order valence-electron chi connectivity index (χ3n) is 5.08. The molecule has 180 valence electrons. The topological polar surface area (TPSA) is 86.5 Å². The number of hydrogen-bond acceptors (Lipinski definition) is 6. The number of halogens is 3. The Morgan fingerprint density at radius 3 is 2.40 bits per heavy atom. The van der Waals surface area contributed by atoms with Crippen LogP contribution in [0.15, 0.2) is 67.3 Å². The summed E-state index contributed by atoms with van der Waals surface area (Å²) in [6.45, 7) is 3.87. The van der Waals surface area contributed by atoms with Crippen molar-refractivity contribution in [1.29, 1.82) is 0 Å². The van der Waals surface area contributed by atoms with Gasteiger partial charge in [-0.2, -0.15) is 13.2 Å². The van der Waals surface area contributed by atoms with E-state index in [9.17, 15) is 18.0 Å². The van der Waals surface area contributed by atoms with Gasteiger partial charge in [0.05, 0.1) is 24.1 Å². The number of nitrogens with two attached hydrogens (primary N) is 1. The summed E-state index contributed by atoms with van der Waals surface area (Å²) >= 11 is 0.804. The molecule has 0 saturated heterocycles. The average molecular weight is 500 g/mol. The number of thiophene rings is 1. The molecule has 0 radical (unpaired) electrons. The maximum Gasteiger partial charge on any atom is 0.417 e. The van der Waals surface area contributed by atoms with Crippen LogP contribution in [0.25, 0.3) is 21.5 Å². The molecule has 2 aromatic heterocycles. The SMILES string of the molecule is C=CCOc1ccc(-c2cc(C(F)(F)F)c3c(N)c(C(=O)Nc4ccc(OC)cc4)sc3n2)cc1. The van der Waals surface area contributed by atoms with Crippen LogP contribution in [0.2, 0.25) is 0 Å². The van der Waals surface area contributed by atoms with Crippen molar-refractivity contribution in [3.63, 3.8) is 0 Å². The van der Waals surface area contributed by atoms with Crippen molar-refractivity contribution in [2.75, 3.05) is 24.8 Å². The number of carbonyl (C=O) groups is 1. The number of nitrogen functional groups attached to an aromatic ring is 1. The van der Waals surface area contributed by atoms with Crippen LogP contribution in [0.5, 0.6) is 11.5 Å². The van der Waals surface area contributed by atoms with Crippen molar-refractivity contribution in [3.8, 4) is 22.8 Å². The molecule has 0 aliphatic carbocycles. The zero-order valence-electron chi connectivity index (χ0n) is 18.5. The number of anilines is 2. The molecule has 4 aromatic rings. The van der Waals surface area contributed by atoms with Gasteiger partial charge < -0.3 is 20.5 Å². The number of benzene rings is 2. The summed E-state index contributed by atoms with van der Waals surface area (Å²) in [5.74, 6) is 0.508. The fourth-order valence-corrected chi connectivity index (χ4v) is 4.42. The van der Waals surface area contributed by atoms with Gasteiger partial charge in [0.2, 0.25) is 0 Å². The second kappa shape index (κ2) is 9.67. The quantitative estimate of drug-likeness (QED) is 0.288. The highest BCUT2D eigenvalue weighted by molar-refractivity contribution is 7.21. The number of rotatable bonds is 7. The van der Waals surface area contributed by atoms with E-state index in [1.165, 1.54) is 7.11 Å². The second-order valence-electron chi connectivity index (χ2n) is 7.38. The predicted molar refractivity (Wildman–Crippen MR) is 131 cm³/mol. The van der Waals surface area contributed by atoms with E-state index in [2.05, 4.69) is 16.9 Å². The molecule has 0 saturated carbocycles. The van der Waals surface area contributed by atoms with Gasteiger partial charge in [-0.25, -0.2) is 4.98 Å². The molecular weight excluding hydrogens is 479 g/mol. The van der Waals surface area contributed by atoms with Crippen LogP contribution < -0.4 is 20.5 Å². The Kier molecular flexibility index (Phi) is 6.65. The number of fused-ring (bicyclic) bond motifs is 1. The lowest BCUT2D eigenvalue weighted by Crippen LogP contribution is -2.12. The fourth-order valence-electron chi connectivity index (χ4n) is 3.40. The van der Waals surface area contributed by atoms with Gasteiger partial charge in [-0.1, -0.05) is 12.7 Å². The van der Waals surface area contributed by atoms with E-state index in [1.807, 2.05) is 0 Å². The molecule has 0 spiro atoms. The minimum absolute atomic E-state index is 0.0131. The number of hydrogen-bond donors (Lipinski definition) is 2. The van der Waals surface area contributed by atoms with Crippen molar-refractivity contribution >= 4 is 38.8 Å². The number of pyridine rings is 1. The molecule has 0 aliphatic rings. The number of methoxy groups -OCH3 is 1. The van der Waals surface area contributed by atoms with Crippen LogP contribution in [0, 0.1) is 0 Å². The second-order valence-corrected chi connectivity index (χ2v) is 8.38. The zero-order chi connectivity index (χ0) is 25.2. The average Bonchev–Trinajstić information content (AvgIpc) is 3.18. The summed E-state index contributed by atoms with van der Waals surface area (Å²) in [6.07, 6.45) is -3.12. The van der Waals surface area contributed by atoms with Crippen LogP contribution in [0.4, 0.5) is 24.5 Å². The largest absolute Gasteiger partial charge is 0.497 e. The Hall–Kier alpha value is -4.05. The van der Waals surface area contributed by atoms with E-state index in [1.54, 1.807) is 54.6 Å². The van der Waals surface area contributed by atoms with Gasteiger partial charge in [-0.05, 0) is 54.6 Å². The maximum atomic E-state index is 14.0. The molecular formula is C25H20F3N3O3S. The molecule has 35 heavy (non-hydrogen) atoms. The minimum Gasteiger partial charge on any atom is -0.497 e. The first-order chi connectivity index (χ1) is 16.7. The van der Waals surface area contributed by atoms with Crippen molar-refractivity contribution in [2.45, 2.75) is 6.18 Å². The summed E-state index contributed by atoms with van der Waals surface area (Å²) in [5, 5.41) is 2.35. The Morgan fingerprint density at radius 1 is 1.14 bits per heavy atom. The van der Waals surface area contributed by atoms with Crippen molar-refractivity contribution in [3.05, 3.63) is 77.7 Å². The molecule has 10 heteroatoms. The summed E-state index contributed by atoms with van der Waals surface area (Å²) in [7, 11) is 1.51. The van der Waals surface area contributed by atoms with E-state index < -0.39 is 17.6 Å². The molecule has 3 N–H and O–H groups in total. The lowest BCUT2D eigenvalue weighted by Gasteiger charge is -2.12. The molecule has 0 unspecified atom stereocenters. The molecule has 0 atom stereocenters. The monoisotopic (exact) mass is 499 g/mol. The number of carbonyl (C=O) groups excluding carboxylic acids is 1. The summed E-state index contributed by atoms with van der Waals surface area (Å²) in [4.78, 5) is 17.2. The van der Waals surface area contributed by atoms with Crippen LogP contribution in [0.3, 0.4) is 0 Å². The van der Waals surface area contributed by atoms with Crippen molar-refractivity contribution in [1.82, 2.24) is 4.98 Å². The minimum atomic E-state index is -4.71. The molecule has 2 aromatic carbocycles. The number of alkyl halides is 3. The molecule has 0 aliphatic heterocycles. The maximum absolute atomic E-state index is 14.0. The molecule has 0 fully saturated rings. The molecule has 1 amide bonds. The fraction of sp³-hybridized carbons (Fsp3) is 0.120. The zero-order valence-corrected chi connectivity index (χ0v) is 19.3. The molecule has 0 bridgehead atoms. The summed E-state index contributed by atoms with van der Waals surface area (Å²) in [6, 6.07) is 13.9. The summed E-state index contributed by atoms with van der Waals surface area (Å²) < 4.78 is 52.5. The van der Waals surface area contributed by atoms with E-state index in [0.717, 1.165) is 17.4 Å². The number of ether oxygens (including phenoxy) is 2. The lowest BCUT2D eigenvalue weighted by atomic mass is 10.1. The first-order valence-electron chi connectivity index (χ1n) is 10.3. The Morgan fingerprint density at radius 2 is 1.80 bits per heavy atom. The van der Waals surface area contributed by atoms with Gasteiger partial charge in [0.25, 0.3) is 5.91 Å². The highest BCUT2D eigenvalue weighted by atomic mass is 32.1. The highest BCUT2D eigenvalue weighted by Crippen LogP contribution is 2.43. The lowest BCUT2D eigenvalue weighted by molar-refractivity contribution is -0.136. The third-order valence-corrected chi connectivity index (χ3v) is 6.17. The number of amides is 1. The van der Waals surface area contributed by atoms with Gasteiger partial charge in [0.15, 0.2) is 0 Å². The van der Waals surface area contributed by atoms with Gasteiger partial charge in [-0.3, -0.25) is 4.79 Å². The Balaban J connectivity index is 1.74. The van der Waals surface area contributed by atoms with Gasteiger partial charge in [-0.15, -0.1) is 11.3 Å². The van der Waals surface area contributed by atoms with Gasteiger partial charge in [0, 0.05) is 16.6 Å². The van der Waals surface area contributed by atoms with Crippen LogP contribution in [-0.2, 0) is 6.18 Å². The Labute approximate surface area is 202 Å². The van der Waals surface area contributed by atoms with Crippen molar-refractivity contribution < 1.29 is 27.4 Å². The first-order valence-corrected chi connectivity index (χ1v) is 11.1. The van der Waals surface area contributed by atoms with Gasteiger partial charge >= 0.3 is 6.18 Å². The standard InChI is InChI=1S/C25H20F3N3O3S/c1-3-12-34-17-8-4-14(5-9-17)19-13-18(25(26,27)28)20-21(29)22(35-24(20)31-19)23(32)30-15-6-10-16(33-2)11-7-15/h3-11,13H,1,12,29H2,2H3,(H,30,32). The molecule has 4 rings (SSSR count). The van der Waals surface area contributed by atoms with Crippen molar-refractivity contribution in [2.24, 2.45) is 0 Å². The third kappa shape index (κ3) is 5.07. The van der Waals surface area contributed by atoms with Crippen LogP contribution >= 0.6 is 11.3 Å². The number of nitrogens with one attached hydrogen (secondary N) is 1. The number of nitrogens with zero attached hydrogens (tertiary/aromatic N) is 1. The number of aromatic nitrogens is 1. The molecule has 6 nitrogen and oxygen atoms in total. The van der Waals surface area contributed by atoms with E-state index >= 15 is 0 Å². The predicted octanol–water partition coefficient (Wildman–Crippen LogP) is 6.39. The smallest absolute Gasteiger partial charge is 0.417 e. The van der Waals surface area contributed by atoms with Crippen LogP contribution in [0.1, 0.15) is 15.2 Å². The Bertz CT molecular complexity index is 1380. The first kappa shape index (κ1) is 24.1. The normalized spacial score (nSPS) is 11.3.